The molecular formula is C17H21NO5. The fraction of sp³-hybridized carbons (Fsp3) is 0.529. The second-order valence-electron chi connectivity index (χ2n) is 6.02. The lowest BCUT2D eigenvalue weighted by molar-refractivity contribution is -0.136. The maximum Gasteiger partial charge on any atom is 0.338 e. The first-order chi connectivity index (χ1) is 11.1. The summed E-state index contributed by atoms with van der Waals surface area (Å²) in [5.74, 6) is 0.983. The van der Waals surface area contributed by atoms with Crippen molar-refractivity contribution in [2.24, 2.45) is 5.92 Å². The monoisotopic (exact) mass is 319 g/mol. The Kier molecular flexibility index (Phi) is 4.69. The van der Waals surface area contributed by atoms with Crippen LogP contribution in [0.4, 0.5) is 0 Å². The van der Waals surface area contributed by atoms with Gasteiger partial charge in [-0.05, 0) is 37.0 Å². The molecule has 0 aliphatic carbocycles. The first-order valence-electron chi connectivity index (χ1n) is 7.98. The normalized spacial score (nSPS) is 20.0. The summed E-state index contributed by atoms with van der Waals surface area (Å²) in [4.78, 5) is 26.0. The summed E-state index contributed by atoms with van der Waals surface area (Å²) < 4.78 is 16.0. The van der Waals surface area contributed by atoms with Crippen LogP contribution in [0.2, 0.25) is 0 Å². The van der Waals surface area contributed by atoms with Gasteiger partial charge in [0.05, 0.1) is 5.56 Å². The van der Waals surface area contributed by atoms with Crippen LogP contribution in [0, 0.1) is 5.92 Å². The number of piperidine rings is 1. The average Bonchev–Trinajstić information content (AvgIpc) is 2.59. The molecule has 6 heteroatoms. The van der Waals surface area contributed by atoms with Gasteiger partial charge in [0.1, 0.15) is 13.2 Å². The number of hydrogen-bond acceptors (Lipinski definition) is 5. The van der Waals surface area contributed by atoms with Crippen molar-refractivity contribution >= 4 is 11.9 Å². The van der Waals surface area contributed by atoms with Gasteiger partial charge >= 0.3 is 5.97 Å². The summed E-state index contributed by atoms with van der Waals surface area (Å²) in [5.41, 5.74) is 0.356. The Morgan fingerprint density at radius 3 is 2.83 bits per heavy atom. The molecule has 1 aromatic carbocycles. The molecule has 124 valence electrons. The van der Waals surface area contributed by atoms with Crippen molar-refractivity contribution < 1.29 is 23.8 Å². The second-order valence-corrected chi connectivity index (χ2v) is 6.02. The van der Waals surface area contributed by atoms with Gasteiger partial charge in [-0.2, -0.15) is 0 Å². The molecule has 0 spiro atoms. The summed E-state index contributed by atoms with van der Waals surface area (Å²) in [6, 6.07) is 4.88. The van der Waals surface area contributed by atoms with E-state index in [4.69, 9.17) is 14.2 Å². The van der Waals surface area contributed by atoms with Gasteiger partial charge < -0.3 is 19.1 Å². The minimum Gasteiger partial charge on any atom is -0.486 e. The van der Waals surface area contributed by atoms with Gasteiger partial charge in [0.25, 0.3) is 5.91 Å². The molecule has 1 atom stereocenters. The van der Waals surface area contributed by atoms with Gasteiger partial charge in [0.15, 0.2) is 18.1 Å². The number of rotatable bonds is 3. The van der Waals surface area contributed by atoms with Crippen molar-refractivity contribution in [2.45, 2.75) is 19.8 Å². The van der Waals surface area contributed by atoms with E-state index in [0.29, 0.717) is 36.2 Å². The number of amides is 1. The first kappa shape index (κ1) is 15.6. The van der Waals surface area contributed by atoms with E-state index in [1.807, 2.05) is 0 Å². The Balaban J connectivity index is 1.55. The van der Waals surface area contributed by atoms with Crippen LogP contribution in [0.1, 0.15) is 30.1 Å². The van der Waals surface area contributed by atoms with Gasteiger partial charge in [0.2, 0.25) is 0 Å². The molecule has 2 aliphatic rings. The Morgan fingerprint density at radius 1 is 1.26 bits per heavy atom. The Bertz CT molecular complexity index is 601. The van der Waals surface area contributed by atoms with Crippen LogP contribution in [0.15, 0.2) is 18.2 Å². The molecule has 2 heterocycles. The molecular weight excluding hydrogens is 298 g/mol. The minimum atomic E-state index is -0.527. The van der Waals surface area contributed by atoms with Gasteiger partial charge in [-0.1, -0.05) is 6.92 Å². The summed E-state index contributed by atoms with van der Waals surface area (Å²) >= 11 is 0. The quantitative estimate of drug-likeness (QED) is 0.796. The average molecular weight is 319 g/mol. The van der Waals surface area contributed by atoms with Crippen LogP contribution >= 0.6 is 0 Å². The van der Waals surface area contributed by atoms with Crippen LogP contribution in [0.25, 0.3) is 0 Å². The Labute approximate surface area is 135 Å². The lowest BCUT2D eigenvalue weighted by Crippen LogP contribution is -2.41. The molecule has 0 N–H and O–H groups in total. The van der Waals surface area contributed by atoms with Gasteiger partial charge in [0, 0.05) is 13.1 Å². The van der Waals surface area contributed by atoms with Crippen LogP contribution < -0.4 is 9.47 Å². The molecule has 2 aliphatic heterocycles. The highest BCUT2D eigenvalue weighted by atomic mass is 16.6. The number of carbonyl (C=O) groups excluding carboxylic acids is 2. The highest BCUT2D eigenvalue weighted by Gasteiger charge is 2.22. The van der Waals surface area contributed by atoms with Crippen molar-refractivity contribution in [1.82, 2.24) is 4.90 Å². The molecule has 0 saturated carbocycles. The van der Waals surface area contributed by atoms with Crippen molar-refractivity contribution in [2.75, 3.05) is 32.9 Å². The van der Waals surface area contributed by atoms with E-state index in [9.17, 15) is 9.59 Å². The zero-order chi connectivity index (χ0) is 16.2. The molecule has 1 aromatic rings. The van der Waals surface area contributed by atoms with E-state index in [2.05, 4.69) is 6.92 Å². The van der Waals surface area contributed by atoms with Crippen LogP contribution in [-0.2, 0) is 9.53 Å². The minimum absolute atomic E-state index is 0.137. The first-order valence-corrected chi connectivity index (χ1v) is 7.98. The topological polar surface area (TPSA) is 65.1 Å². The van der Waals surface area contributed by atoms with Crippen molar-refractivity contribution in [3.05, 3.63) is 23.8 Å². The highest BCUT2D eigenvalue weighted by molar-refractivity contribution is 5.92. The number of hydrogen-bond donors (Lipinski definition) is 0. The molecule has 1 fully saturated rings. The summed E-state index contributed by atoms with van der Waals surface area (Å²) in [7, 11) is 0. The Hall–Kier alpha value is -2.24. The standard InChI is InChI=1S/C17H21NO5/c1-12-3-2-6-18(10-12)16(19)11-23-17(20)13-4-5-14-15(9-13)22-8-7-21-14/h4-5,9,12H,2-3,6-8,10-11H2,1H3/t12-/m0/s1. The fourth-order valence-corrected chi connectivity index (χ4v) is 2.89. The van der Waals surface area contributed by atoms with E-state index >= 15 is 0 Å². The van der Waals surface area contributed by atoms with E-state index in [0.717, 1.165) is 25.9 Å². The number of ether oxygens (including phenoxy) is 3. The van der Waals surface area contributed by atoms with Gasteiger partial charge in [-0.25, -0.2) is 4.79 Å². The fourth-order valence-electron chi connectivity index (χ4n) is 2.89. The van der Waals surface area contributed by atoms with Crippen molar-refractivity contribution in [1.29, 1.82) is 0 Å². The molecule has 3 rings (SSSR count). The van der Waals surface area contributed by atoms with Crippen molar-refractivity contribution in [3.63, 3.8) is 0 Å². The third kappa shape index (κ3) is 3.75. The SMILES string of the molecule is C[C@H]1CCCN(C(=O)COC(=O)c2ccc3c(c2)OCCO3)C1. The number of nitrogens with zero attached hydrogens (tertiary/aromatic N) is 1. The van der Waals surface area contributed by atoms with Gasteiger partial charge in [-0.3, -0.25) is 4.79 Å². The van der Waals surface area contributed by atoms with E-state index < -0.39 is 5.97 Å². The van der Waals surface area contributed by atoms with E-state index in [1.165, 1.54) is 0 Å². The van der Waals surface area contributed by atoms with Gasteiger partial charge in [-0.15, -0.1) is 0 Å². The molecule has 1 amide bonds. The number of fused-ring (bicyclic) bond motifs is 1. The molecule has 0 bridgehead atoms. The zero-order valence-corrected chi connectivity index (χ0v) is 13.2. The maximum atomic E-state index is 12.1. The summed E-state index contributed by atoms with van der Waals surface area (Å²) in [6.45, 7) is 4.34. The second kappa shape index (κ2) is 6.89. The largest absolute Gasteiger partial charge is 0.486 e. The number of likely N-dealkylation sites (tertiary alicyclic amines) is 1. The molecule has 0 aromatic heterocycles. The predicted octanol–water partition coefficient (Wildman–Crippen LogP) is 1.87. The lowest BCUT2D eigenvalue weighted by Gasteiger charge is -2.30. The molecule has 0 unspecified atom stereocenters. The smallest absolute Gasteiger partial charge is 0.338 e. The van der Waals surface area contributed by atoms with Crippen LogP contribution in [0.3, 0.4) is 0 Å². The lowest BCUT2D eigenvalue weighted by atomic mass is 10.0. The molecule has 23 heavy (non-hydrogen) atoms. The van der Waals surface area contributed by atoms with Crippen molar-refractivity contribution in [3.8, 4) is 11.5 Å². The van der Waals surface area contributed by atoms with E-state index in [-0.39, 0.29) is 12.5 Å². The third-order valence-electron chi connectivity index (χ3n) is 4.11. The number of carbonyl (C=O) groups is 2. The third-order valence-corrected chi connectivity index (χ3v) is 4.11. The summed E-state index contributed by atoms with van der Waals surface area (Å²) in [5, 5.41) is 0. The molecule has 0 radical (unpaired) electrons. The predicted molar refractivity (Wildman–Crippen MR) is 82.7 cm³/mol. The number of benzene rings is 1. The maximum absolute atomic E-state index is 12.1. The zero-order valence-electron chi connectivity index (χ0n) is 13.2. The van der Waals surface area contributed by atoms with E-state index in [1.54, 1.807) is 23.1 Å². The highest BCUT2D eigenvalue weighted by Crippen LogP contribution is 2.30. The molecule has 6 nitrogen and oxygen atoms in total. The Morgan fingerprint density at radius 2 is 2.04 bits per heavy atom. The number of esters is 1. The van der Waals surface area contributed by atoms with Crippen LogP contribution in [0.5, 0.6) is 11.5 Å². The summed E-state index contributed by atoms with van der Waals surface area (Å²) in [6.07, 6.45) is 2.14. The molecule has 1 saturated heterocycles. The van der Waals surface area contributed by atoms with Crippen LogP contribution in [-0.4, -0.2) is 49.7 Å².